The molecule has 0 unspecified atom stereocenters. The molecule has 4 amide bonds. The summed E-state index contributed by atoms with van der Waals surface area (Å²) in [6.45, 7) is -0.464. The van der Waals surface area contributed by atoms with Gasteiger partial charge >= 0.3 is 6.03 Å². The Morgan fingerprint density at radius 3 is 2.64 bits per heavy atom. The molecule has 1 fully saturated rings. The van der Waals surface area contributed by atoms with Gasteiger partial charge in [-0.3, -0.25) is 9.59 Å². The van der Waals surface area contributed by atoms with Crippen LogP contribution < -0.4 is 15.4 Å². The Morgan fingerprint density at radius 2 is 1.91 bits per heavy atom. The number of urea groups is 1. The van der Waals surface area contributed by atoms with Gasteiger partial charge in [-0.1, -0.05) is 12.1 Å². The average molecular weight is 442 g/mol. The Hall–Kier alpha value is -4.84. The summed E-state index contributed by atoms with van der Waals surface area (Å²) in [6, 6.07) is 18.4. The number of carbonyl (C=O) groups is 3. The molecule has 33 heavy (non-hydrogen) atoms. The average Bonchev–Trinajstić information content (AvgIpc) is 3.40. The summed E-state index contributed by atoms with van der Waals surface area (Å²) in [6.07, 6.45) is 1.39. The number of hydrogen-bond acceptors (Lipinski definition) is 6. The first-order chi connectivity index (χ1) is 16.0. The van der Waals surface area contributed by atoms with E-state index >= 15 is 0 Å². The Bertz CT molecular complexity index is 1300. The van der Waals surface area contributed by atoms with Crippen molar-refractivity contribution in [2.45, 2.75) is 0 Å². The highest BCUT2D eigenvalue weighted by Gasteiger charge is 2.35. The van der Waals surface area contributed by atoms with Crippen LogP contribution in [0.2, 0.25) is 0 Å². The second-order valence-electron chi connectivity index (χ2n) is 7.02. The SMILES string of the molecule is COc1ccccc1NC(=O)CN1C(=O)N/C(=C/c2ccc(-c3ccc(C#N)cc3)o2)C1=O. The van der Waals surface area contributed by atoms with Crippen LogP contribution in [0.3, 0.4) is 0 Å². The molecule has 1 aliphatic rings. The first-order valence-electron chi connectivity index (χ1n) is 9.86. The number of hydrogen-bond donors (Lipinski definition) is 2. The summed E-state index contributed by atoms with van der Waals surface area (Å²) < 4.78 is 10.9. The number of carbonyl (C=O) groups excluding carboxylic acids is 3. The Labute approximate surface area is 188 Å². The number of benzene rings is 2. The third-order valence-electron chi connectivity index (χ3n) is 4.86. The van der Waals surface area contributed by atoms with Gasteiger partial charge in [0.25, 0.3) is 5.91 Å². The van der Waals surface area contributed by atoms with E-state index in [2.05, 4.69) is 10.6 Å². The molecular formula is C24H18N4O5. The third-order valence-corrected chi connectivity index (χ3v) is 4.86. The first-order valence-corrected chi connectivity index (χ1v) is 9.86. The first kappa shape index (κ1) is 21.4. The fraction of sp³-hybridized carbons (Fsp3) is 0.0833. The molecule has 0 aliphatic carbocycles. The van der Waals surface area contributed by atoms with Crippen molar-refractivity contribution in [3.63, 3.8) is 0 Å². The van der Waals surface area contributed by atoms with E-state index in [4.69, 9.17) is 14.4 Å². The lowest BCUT2D eigenvalue weighted by Gasteiger charge is -2.13. The van der Waals surface area contributed by atoms with Gasteiger partial charge in [0.2, 0.25) is 5.91 Å². The lowest BCUT2D eigenvalue weighted by atomic mass is 10.1. The van der Waals surface area contributed by atoms with Crippen LogP contribution in [0.15, 0.2) is 70.8 Å². The van der Waals surface area contributed by atoms with E-state index in [1.54, 1.807) is 60.7 Å². The van der Waals surface area contributed by atoms with E-state index in [0.29, 0.717) is 28.5 Å². The predicted octanol–water partition coefficient (Wildman–Crippen LogP) is 3.36. The lowest BCUT2D eigenvalue weighted by Crippen LogP contribution is -2.38. The van der Waals surface area contributed by atoms with E-state index < -0.39 is 24.4 Å². The standard InChI is InChI=1S/C24H18N4O5/c1-32-21-5-3-2-4-18(21)26-22(29)14-28-23(30)19(27-24(28)31)12-17-10-11-20(33-17)16-8-6-15(13-25)7-9-16/h2-12H,14H2,1H3,(H,26,29)(H,27,31)/b19-12+. The van der Waals surface area contributed by atoms with Crippen molar-refractivity contribution in [2.75, 3.05) is 19.0 Å². The molecule has 2 N–H and O–H groups in total. The second-order valence-corrected chi connectivity index (χ2v) is 7.02. The van der Waals surface area contributed by atoms with Gasteiger partial charge in [-0.25, -0.2) is 9.69 Å². The smallest absolute Gasteiger partial charge is 0.329 e. The van der Waals surface area contributed by atoms with Crippen LogP contribution in [0.4, 0.5) is 10.5 Å². The fourth-order valence-corrected chi connectivity index (χ4v) is 3.23. The molecule has 3 aromatic rings. The molecule has 0 radical (unpaired) electrons. The van der Waals surface area contributed by atoms with E-state index in [0.717, 1.165) is 10.5 Å². The molecule has 9 nitrogen and oxygen atoms in total. The van der Waals surface area contributed by atoms with E-state index in [9.17, 15) is 14.4 Å². The van der Waals surface area contributed by atoms with E-state index in [-0.39, 0.29) is 5.70 Å². The molecule has 1 aromatic heterocycles. The zero-order valence-corrected chi connectivity index (χ0v) is 17.5. The number of para-hydroxylation sites is 2. The monoisotopic (exact) mass is 442 g/mol. The van der Waals surface area contributed by atoms with Gasteiger partial charge in [-0.2, -0.15) is 5.26 Å². The summed E-state index contributed by atoms with van der Waals surface area (Å²) >= 11 is 0. The quantitative estimate of drug-likeness (QED) is 0.446. The second kappa shape index (κ2) is 9.11. The van der Waals surface area contributed by atoms with Gasteiger partial charge in [-0.15, -0.1) is 0 Å². The number of nitriles is 1. The zero-order chi connectivity index (χ0) is 23.4. The normalized spacial score (nSPS) is 14.2. The number of imide groups is 1. The van der Waals surface area contributed by atoms with Crippen molar-refractivity contribution < 1.29 is 23.5 Å². The maximum absolute atomic E-state index is 12.7. The molecule has 0 saturated carbocycles. The van der Waals surface area contributed by atoms with Crippen LogP contribution in [0.25, 0.3) is 17.4 Å². The molecule has 9 heteroatoms. The molecule has 4 rings (SSSR count). The molecule has 1 aliphatic heterocycles. The summed E-state index contributed by atoms with van der Waals surface area (Å²) in [5.41, 5.74) is 1.71. The number of nitrogens with one attached hydrogen (secondary N) is 2. The van der Waals surface area contributed by atoms with Crippen molar-refractivity contribution in [1.82, 2.24) is 10.2 Å². The highest BCUT2D eigenvalue weighted by atomic mass is 16.5. The number of methoxy groups -OCH3 is 1. The van der Waals surface area contributed by atoms with Gasteiger partial charge in [-0.05, 0) is 48.5 Å². The molecule has 1 saturated heterocycles. The largest absolute Gasteiger partial charge is 0.495 e. The van der Waals surface area contributed by atoms with Gasteiger partial charge in [0, 0.05) is 11.6 Å². The van der Waals surface area contributed by atoms with Crippen molar-refractivity contribution in [3.8, 4) is 23.1 Å². The van der Waals surface area contributed by atoms with Crippen LogP contribution in [0, 0.1) is 11.3 Å². The maximum Gasteiger partial charge on any atom is 0.329 e. The van der Waals surface area contributed by atoms with E-state index in [1.807, 2.05) is 6.07 Å². The van der Waals surface area contributed by atoms with Gasteiger partial charge in [0.1, 0.15) is 29.5 Å². The molecule has 0 spiro atoms. The molecular weight excluding hydrogens is 424 g/mol. The summed E-state index contributed by atoms with van der Waals surface area (Å²) in [7, 11) is 1.47. The van der Waals surface area contributed by atoms with E-state index in [1.165, 1.54) is 13.2 Å². The van der Waals surface area contributed by atoms with Gasteiger partial charge in [0.15, 0.2) is 0 Å². The number of amides is 4. The van der Waals surface area contributed by atoms with Crippen LogP contribution in [-0.2, 0) is 9.59 Å². The molecule has 0 atom stereocenters. The van der Waals surface area contributed by atoms with Crippen molar-refractivity contribution >= 4 is 29.6 Å². The van der Waals surface area contributed by atoms with Crippen LogP contribution in [0.5, 0.6) is 5.75 Å². The van der Waals surface area contributed by atoms with Gasteiger partial charge < -0.3 is 19.8 Å². The van der Waals surface area contributed by atoms with Crippen LogP contribution in [0.1, 0.15) is 11.3 Å². The Morgan fingerprint density at radius 1 is 1.15 bits per heavy atom. The Balaban J connectivity index is 1.45. The maximum atomic E-state index is 12.7. The summed E-state index contributed by atoms with van der Waals surface area (Å²) in [5.74, 6) is 0.144. The summed E-state index contributed by atoms with van der Waals surface area (Å²) in [4.78, 5) is 38.2. The predicted molar refractivity (Wildman–Crippen MR) is 119 cm³/mol. The topological polar surface area (TPSA) is 125 Å². The lowest BCUT2D eigenvalue weighted by molar-refractivity contribution is -0.127. The number of rotatable bonds is 6. The highest BCUT2D eigenvalue weighted by molar-refractivity contribution is 6.15. The highest BCUT2D eigenvalue weighted by Crippen LogP contribution is 2.25. The molecule has 2 aromatic carbocycles. The van der Waals surface area contributed by atoms with Crippen molar-refractivity contribution in [1.29, 1.82) is 5.26 Å². The molecule has 164 valence electrons. The van der Waals surface area contributed by atoms with Gasteiger partial charge in [0.05, 0.1) is 24.4 Å². The summed E-state index contributed by atoms with van der Waals surface area (Å²) in [5, 5.41) is 14.0. The van der Waals surface area contributed by atoms with Crippen LogP contribution >= 0.6 is 0 Å². The number of ether oxygens (including phenoxy) is 1. The van der Waals surface area contributed by atoms with Crippen molar-refractivity contribution in [3.05, 3.63) is 77.7 Å². The minimum absolute atomic E-state index is 0.00850. The number of furan rings is 1. The minimum atomic E-state index is -0.708. The molecule has 0 bridgehead atoms. The molecule has 2 heterocycles. The van der Waals surface area contributed by atoms with Crippen molar-refractivity contribution in [2.24, 2.45) is 0 Å². The van der Waals surface area contributed by atoms with Crippen LogP contribution in [-0.4, -0.2) is 36.4 Å². The Kier molecular flexibility index (Phi) is 5.91. The fourth-order valence-electron chi connectivity index (χ4n) is 3.23. The zero-order valence-electron chi connectivity index (χ0n) is 17.5. The number of nitrogens with zero attached hydrogens (tertiary/aromatic N) is 2. The number of anilines is 1. The minimum Gasteiger partial charge on any atom is -0.495 e. The third kappa shape index (κ3) is 4.60.